The topological polar surface area (TPSA) is 81.8 Å². The van der Waals surface area contributed by atoms with E-state index in [9.17, 15) is 9.59 Å². The molecule has 5 aromatic rings. The minimum Gasteiger partial charge on any atom is -0.350 e. The SMILES string of the molecule is Cc1nc2ccccc2c(=O)n1CC(=O)NCc1cn(Cc2ccccc2)nc1-c1ccccc1. The van der Waals surface area contributed by atoms with E-state index in [2.05, 4.69) is 22.4 Å². The third kappa shape index (κ3) is 4.89. The molecule has 35 heavy (non-hydrogen) atoms. The van der Waals surface area contributed by atoms with Gasteiger partial charge in [-0.05, 0) is 24.6 Å². The fraction of sp³-hybridized carbons (Fsp3) is 0.143. The molecule has 0 unspecified atom stereocenters. The summed E-state index contributed by atoms with van der Waals surface area (Å²) in [6, 6.07) is 27.2. The maximum atomic E-state index is 12.9. The van der Waals surface area contributed by atoms with Crippen LogP contribution in [0.15, 0.2) is 95.9 Å². The van der Waals surface area contributed by atoms with Crippen LogP contribution in [-0.4, -0.2) is 25.2 Å². The molecule has 1 N–H and O–H groups in total. The van der Waals surface area contributed by atoms with Crippen LogP contribution in [0.5, 0.6) is 0 Å². The van der Waals surface area contributed by atoms with Crippen LogP contribution >= 0.6 is 0 Å². The van der Waals surface area contributed by atoms with Crippen LogP contribution < -0.4 is 10.9 Å². The lowest BCUT2D eigenvalue weighted by molar-refractivity contribution is -0.121. The molecule has 0 fully saturated rings. The van der Waals surface area contributed by atoms with Crippen LogP contribution in [0.4, 0.5) is 0 Å². The number of rotatable bonds is 7. The van der Waals surface area contributed by atoms with Gasteiger partial charge in [-0.25, -0.2) is 4.98 Å². The van der Waals surface area contributed by atoms with Crippen molar-refractivity contribution in [3.63, 3.8) is 0 Å². The number of nitrogens with one attached hydrogen (secondary N) is 1. The van der Waals surface area contributed by atoms with E-state index in [4.69, 9.17) is 5.10 Å². The van der Waals surface area contributed by atoms with Gasteiger partial charge < -0.3 is 5.32 Å². The van der Waals surface area contributed by atoms with Crippen LogP contribution in [0.2, 0.25) is 0 Å². The molecule has 5 rings (SSSR count). The van der Waals surface area contributed by atoms with E-state index in [1.807, 2.05) is 65.5 Å². The molecule has 0 saturated heterocycles. The predicted molar refractivity (Wildman–Crippen MR) is 136 cm³/mol. The average Bonchev–Trinajstić information content (AvgIpc) is 3.29. The van der Waals surface area contributed by atoms with Crippen molar-refractivity contribution in [1.29, 1.82) is 0 Å². The molecule has 0 aliphatic heterocycles. The van der Waals surface area contributed by atoms with Crippen molar-refractivity contribution in [2.45, 2.75) is 26.6 Å². The molecule has 3 aromatic carbocycles. The van der Waals surface area contributed by atoms with Crippen LogP contribution in [-0.2, 0) is 24.4 Å². The number of carbonyl (C=O) groups is 1. The van der Waals surface area contributed by atoms with Gasteiger partial charge in [-0.2, -0.15) is 5.10 Å². The highest BCUT2D eigenvalue weighted by Crippen LogP contribution is 2.22. The van der Waals surface area contributed by atoms with Gasteiger partial charge in [0.2, 0.25) is 5.91 Å². The van der Waals surface area contributed by atoms with Crippen molar-refractivity contribution in [1.82, 2.24) is 24.6 Å². The molecule has 2 heterocycles. The zero-order valence-electron chi connectivity index (χ0n) is 19.4. The number of para-hydroxylation sites is 1. The Bertz CT molecular complexity index is 1540. The maximum absolute atomic E-state index is 12.9. The first-order valence-electron chi connectivity index (χ1n) is 11.5. The molecule has 1 amide bonds. The number of aryl methyl sites for hydroxylation is 1. The molecule has 0 atom stereocenters. The molecule has 2 aromatic heterocycles. The van der Waals surface area contributed by atoms with Gasteiger partial charge in [0.1, 0.15) is 12.4 Å². The van der Waals surface area contributed by atoms with Gasteiger partial charge >= 0.3 is 0 Å². The average molecular weight is 464 g/mol. The fourth-order valence-corrected chi connectivity index (χ4v) is 4.14. The highest BCUT2D eigenvalue weighted by molar-refractivity contribution is 5.79. The fourth-order valence-electron chi connectivity index (χ4n) is 4.14. The van der Waals surface area contributed by atoms with Gasteiger partial charge in [0.15, 0.2) is 0 Å². The Hall–Kier alpha value is -4.52. The predicted octanol–water partition coefficient (Wildman–Crippen LogP) is 3.93. The molecule has 0 aliphatic rings. The Labute approximate surface area is 202 Å². The summed E-state index contributed by atoms with van der Waals surface area (Å²) in [5, 5.41) is 8.26. The minimum absolute atomic E-state index is 0.0959. The number of benzene rings is 3. The maximum Gasteiger partial charge on any atom is 0.261 e. The smallest absolute Gasteiger partial charge is 0.261 e. The highest BCUT2D eigenvalue weighted by Gasteiger charge is 2.15. The van der Waals surface area contributed by atoms with Gasteiger partial charge in [0.05, 0.1) is 23.1 Å². The Balaban J connectivity index is 1.36. The summed E-state index contributed by atoms with van der Waals surface area (Å²) in [4.78, 5) is 30.2. The largest absolute Gasteiger partial charge is 0.350 e. The minimum atomic E-state index is -0.262. The van der Waals surface area contributed by atoms with Gasteiger partial charge in [-0.1, -0.05) is 72.8 Å². The van der Waals surface area contributed by atoms with E-state index < -0.39 is 0 Å². The summed E-state index contributed by atoms with van der Waals surface area (Å²) >= 11 is 0. The van der Waals surface area contributed by atoms with Gasteiger partial charge in [-0.3, -0.25) is 18.8 Å². The third-order valence-corrected chi connectivity index (χ3v) is 5.90. The van der Waals surface area contributed by atoms with Crippen LogP contribution in [0, 0.1) is 6.92 Å². The Morgan fingerprint density at radius 3 is 2.37 bits per heavy atom. The lowest BCUT2D eigenvalue weighted by atomic mass is 10.1. The first-order valence-corrected chi connectivity index (χ1v) is 11.5. The van der Waals surface area contributed by atoms with Crippen molar-refractivity contribution in [2.75, 3.05) is 0 Å². The summed E-state index contributed by atoms with van der Waals surface area (Å²) in [5.74, 6) is 0.242. The number of carbonyl (C=O) groups excluding carboxylic acids is 1. The lowest BCUT2D eigenvalue weighted by Gasteiger charge is -2.11. The van der Waals surface area contributed by atoms with Crippen LogP contribution in [0.1, 0.15) is 17.0 Å². The van der Waals surface area contributed by atoms with Gasteiger partial charge in [-0.15, -0.1) is 0 Å². The standard InChI is InChI=1S/C28H25N5O2/c1-20-30-25-15-9-8-14-24(25)28(35)33(20)19-26(34)29-16-23-18-32(17-21-10-4-2-5-11-21)31-27(23)22-12-6-3-7-13-22/h2-15,18H,16-17,19H2,1H3,(H,29,34). The molecule has 7 heteroatoms. The second-order valence-electron chi connectivity index (χ2n) is 8.40. The van der Waals surface area contributed by atoms with Crippen molar-refractivity contribution < 1.29 is 4.79 Å². The molecule has 0 aliphatic carbocycles. The summed E-state index contributed by atoms with van der Waals surface area (Å²) in [6.45, 7) is 2.57. The lowest BCUT2D eigenvalue weighted by Crippen LogP contribution is -2.33. The molecule has 0 saturated carbocycles. The molecule has 0 radical (unpaired) electrons. The van der Waals surface area contributed by atoms with E-state index in [1.165, 1.54) is 4.57 Å². The molecule has 0 spiro atoms. The Kier molecular flexibility index (Phi) is 6.22. The number of hydrogen-bond acceptors (Lipinski definition) is 4. The van der Waals surface area contributed by atoms with Crippen LogP contribution in [0.3, 0.4) is 0 Å². The Morgan fingerprint density at radius 2 is 1.60 bits per heavy atom. The van der Waals surface area contributed by atoms with E-state index in [-0.39, 0.29) is 18.0 Å². The highest BCUT2D eigenvalue weighted by atomic mass is 16.2. The molecule has 174 valence electrons. The molecular weight excluding hydrogens is 438 g/mol. The van der Waals surface area contributed by atoms with Crippen molar-refractivity contribution in [3.05, 3.63) is 118 Å². The van der Waals surface area contributed by atoms with Crippen molar-refractivity contribution >= 4 is 16.8 Å². The summed E-state index contributed by atoms with van der Waals surface area (Å²) < 4.78 is 3.30. The van der Waals surface area contributed by atoms with Crippen molar-refractivity contribution in [3.8, 4) is 11.3 Å². The van der Waals surface area contributed by atoms with E-state index in [0.717, 1.165) is 22.4 Å². The van der Waals surface area contributed by atoms with Gasteiger partial charge in [0, 0.05) is 23.9 Å². The quantitative estimate of drug-likeness (QED) is 0.397. The van der Waals surface area contributed by atoms with Crippen molar-refractivity contribution in [2.24, 2.45) is 0 Å². The summed E-state index contributed by atoms with van der Waals surface area (Å²) in [7, 11) is 0. The third-order valence-electron chi connectivity index (χ3n) is 5.90. The van der Waals surface area contributed by atoms with E-state index in [1.54, 1.807) is 25.1 Å². The zero-order valence-corrected chi connectivity index (χ0v) is 19.4. The van der Waals surface area contributed by atoms with E-state index >= 15 is 0 Å². The summed E-state index contributed by atoms with van der Waals surface area (Å²) in [5.41, 5.74) is 4.26. The Morgan fingerprint density at radius 1 is 0.914 bits per heavy atom. The molecule has 7 nitrogen and oxygen atoms in total. The number of fused-ring (bicyclic) bond motifs is 1. The number of hydrogen-bond donors (Lipinski definition) is 1. The molecular formula is C28H25N5O2. The monoisotopic (exact) mass is 463 g/mol. The normalized spacial score (nSPS) is 11.0. The number of aromatic nitrogens is 4. The second kappa shape index (κ2) is 9.77. The summed E-state index contributed by atoms with van der Waals surface area (Å²) in [6.07, 6.45) is 1.96. The number of amides is 1. The van der Waals surface area contributed by atoms with Crippen LogP contribution in [0.25, 0.3) is 22.2 Å². The molecule has 0 bridgehead atoms. The zero-order chi connectivity index (χ0) is 24.2. The second-order valence-corrected chi connectivity index (χ2v) is 8.40. The number of nitrogens with zero attached hydrogens (tertiary/aromatic N) is 4. The first-order chi connectivity index (χ1) is 17.1. The van der Waals surface area contributed by atoms with E-state index in [0.29, 0.717) is 29.8 Å². The van der Waals surface area contributed by atoms with Gasteiger partial charge in [0.25, 0.3) is 5.56 Å². The first kappa shape index (κ1) is 22.3.